The first-order valence-corrected chi connectivity index (χ1v) is 11.4. The predicted octanol–water partition coefficient (Wildman–Crippen LogP) is 4.55. The van der Waals surface area contributed by atoms with Gasteiger partial charge in [0.1, 0.15) is 0 Å². The number of amides is 2. The number of carbonyl (C=O) groups is 2. The number of benzene rings is 3. The lowest BCUT2D eigenvalue weighted by Crippen LogP contribution is -2.52. The number of rotatable bonds is 3. The number of thioether (sulfide) groups is 1. The van der Waals surface area contributed by atoms with Gasteiger partial charge in [0.2, 0.25) is 5.91 Å². The molecule has 5 rings (SSSR count). The molecule has 3 aromatic rings. The van der Waals surface area contributed by atoms with Crippen LogP contribution in [0.2, 0.25) is 0 Å². The Kier molecular flexibility index (Phi) is 4.99. The quantitative estimate of drug-likeness (QED) is 0.629. The molecule has 30 heavy (non-hydrogen) atoms. The summed E-state index contributed by atoms with van der Waals surface area (Å²) in [6, 6.07) is 24.2. The van der Waals surface area contributed by atoms with Crippen molar-refractivity contribution in [2.75, 3.05) is 18.8 Å². The molecule has 0 saturated carbocycles. The molecule has 0 radical (unpaired) electrons. The van der Waals surface area contributed by atoms with E-state index in [9.17, 15) is 9.59 Å². The van der Waals surface area contributed by atoms with Crippen molar-refractivity contribution in [3.63, 3.8) is 0 Å². The second-order valence-electron chi connectivity index (χ2n) is 8.05. The molecule has 3 aromatic carbocycles. The molecule has 0 N–H and O–H groups in total. The molecule has 0 aromatic heterocycles. The van der Waals surface area contributed by atoms with Crippen LogP contribution < -0.4 is 0 Å². The third kappa shape index (κ3) is 3.47. The lowest BCUT2D eigenvalue weighted by molar-refractivity contribution is -0.131. The third-order valence-electron chi connectivity index (χ3n) is 6.27. The first-order chi connectivity index (χ1) is 14.6. The van der Waals surface area contributed by atoms with E-state index < -0.39 is 0 Å². The van der Waals surface area contributed by atoms with Crippen LogP contribution in [0.25, 0.3) is 10.8 Å². The molecule has 5 heteroatoms. The van der Waals surface area contributed by atoms with Crippen LogP contribution in [0, 0.1) is 0 Å². The summed E-state index contributed by atoms with van der Waals surface area (Å²) < 4.78 is 0. The summed E-state index contributed by atoms with van der Waals surface area (Å²) in [4.78, 5) is 29.6. The third-order valence-corrected chi connectivity index (χ3v) is 7.83. The van der Waals surface area contributed by atoms with Crippen LogP contribution in [0.3, 0.4) is 0 Å². The SMILES string of the molecule is O=C(c1ccc2ccccc2c1)N1CCC2(CC1)SCC(=O)N2Cc1ccccc1. The van der Waals surface area contributed by atoms with Crippen molar-refractivity contribution >= 4 is 34.3 Å². The molecule has 2 aliphatic rings. The van der Waals surface area contributed by atoms with Crippen molar-refractivity contribution in [1.29, 1.82) is 0 Å². The lowest BCUT2D eigenvalue weighted by atomic mass is 9.99. The van der Waals surface area contributed by atoms with Crippen molar-refractivity contribution in [3.8, 4) is 0 Å². The highest BCUT2D eigenvalue weighted by Crippen LogP contribution is 2.45. The highest BCUT2D eigenvalue weighted by atomic mass is 32.2. The molecular weight excluding hydrogens is 392 g/mol. The second kappa shape index (κ2) is 7.80. The minimum atomic E-state index is -0.187. The van der Waals surface area contributed by atoms with Crippen LogP contribution in [0.4, 0.5) is 0 Å². The molecule has 4 nitrogen and oxygen atoms in total. The molecule has 2 heterocycles. The summed E-state index contributed by atoms with van der Waals surface area (Å²) in [6.07, 6.45) is 1.63. The maximum Gasteiger partial charge on any atom is 0.253 e. The molecule has 152 valence electrons. The number of hydrogen-bond acceptors (Lipinski definition) is 3. The average molecular weight is 417 g/mol. The maximum absolute atomic E-state index is 13.1. The zero-order valence-electron chi connectivity index (χ0n) is 16.8. The van der Waals surface area contributed by atoms with Gasteiger partial charge in [0, 0.05) is 25.2 Å². The highest BCUT2D eigenvalue weighted by Gasteiger charge is 2.48. The smallest absolute Gasteiger partial charge is 0.253 e. The fourth-order valence-electron chi connectivity index (χ4n) is 4.56. The van der Waals surface area contributed by atoms with Crippen LogP contribution in [0.1, 0.15) is 28.8 Å². The van der Waals surface area contributed by atoms with Crippen LogP contribution >= 0.6 is 11.8 Å². The summed E-state index contributed by atoms with van der Waals surface area (Å²) in [5.41, 5.74) is 1.89. The molecule has 1 spiro atoms. The maximum atomic E-state index is 13.1. The fraction of sp³-hybridized carbons (Fsp3) is 0.280. The molecule has 0 aliphatic carbocycles. The minimum absolute atomic E-state index is 0.0829. The van der Waals surface area contributed by atoms with Gasteiger partial charge in [0.15, 0.2) is 0 Å². The van der Waals surface area contributed by atoms with Gasteiger partial charge in [0.05, 0.1) is 10.6 Å². The number of piperidine rings is 1. The van der Waals surface area contributed by atoms with Crippen LogP contribution in [-0.4, -0.2) is 45.3 Å². The zero-order valence-corrected chi connectivity index (χ0v) is 17.6. The standard InChI is InChI=1S/C25H24N2O2S/c28-23-18-30-25(27(23)17-19-6-2-1-3-7-19)12-14-26(15-13-25)24(29)22-11-10-20-8-4-5-9-21(20)16-22/h1-11,16H,12-15,17-18H2. The zero-order chi connectivity index (χ0) is 20.6. The topological polar surface area (TPSA) is 40.6 Å². The van der Waals surface area contributed by atoms with E-state index in [1.54, 1.807) is 11.8 Å². The van der Waals surface area contributed by atoms with E-state index >= 15 is 0 Å². The van der Waals surface area contributed by atoms with Gasteiger partial charge in [-0.1, -0.05) is 60.7 Å². The Morgan fingerprint density at radius 3 is 2.37 bits per heavy atom. The Bertz CT molecular complexity index is 1090. The first kappa shape index (κ1) is 19.2. The lowest BCUT2D eigenvalue weighted by Gasteiger charge is -2.44. The minimum Gasteiger partial charge on any atom is -0.338 e. The van der Waals surface area contributed by atoms with E-state index in [4.69, 9.17) is 0 Å². The van der Waals surface area contributed by atoms with Gasteiger partial charge in [-0.3, -0.25) is 9.59 Å². The normalized spacial score (nSPS) is 18.3. The molecule has 0 bridgehead atoms. The molecule has 2 aliphatic heterocycles. The van der Waals surface area contributed by atoms with E-state index in [0.29, 0.717) is 25.4 Å². The Balaban J connectivity index is 1.31. The van der Waals surface area contributed by atoms with Crippen LogP contribution in [0.15, 0.2) is 72.8 Å². The first-order valence-electron chi connectivity index (χ1n) is 10.4. The molecule has 0 atom stereocenters. The van der Waals surface area contributed by atoms with Gasteiger partial charge in [0.25, 0.3) is 5.91 Å². The Hall–Kier alpha value is -2.79. The van der Waals surface area contributed by atoms with E-state index in [-0.39, 0.29) is 16.7 Å². The van der Waals surface area contributed by atoms with Crippen LogP contribution in [-0.2, 0) is 11.3 Å². The van der Waals surface area contributed by atoms with Crippen molar-refractivity contribution in [2.45, 2.75) is 24.3 Å². The second-order valence-corrected chi connectivity index (χ2v) is 9.39. The van der Waals surface area contributed by atoms with E-state index in [1.807, 2.05) is 64.4 Å². The fourth-order valence-corrected chi connectivity index (χ4v) is 5.90. The summed E-state index contributed by atoms with van der Waals surface area (Å²) in [5, 5.41) is 2.23. The summed E-state index contributed by atoms with van der Waals surface area (Å²) in [5.74, 6) is 0.823. The molecule has 2 saturated heterocycles. The van der Waals surface area contributed by atoms with E-state index in [2.05, 4.69) is 18.2 Å². The Morgan fingerprint density at radius 1 is 0.900 bits per heavy atom. The molecule has 2 amide bonds. The van der Waals surface area contributed by atoms with Gasteiger partial charge >= 0.3 is 0 Å². The summed E-state index contributed by atoms with van der Waals surface area (Å²) in [6.45, 7) is 2.00. The Morgan fingerprint density at radius 2 is 1.60 bits per heavy atom. The van der Waals surface area contributed by atoms with Crippen molar-refractivity contribution in [1.82, 2.24) is 9.80 Å². The molecular formula is C25H24N2O2S. The molecule has 0 unspecified atom stereocenters. The Labute approximate surface area is 180 Å². The largest absolute Gasteiger partial charge is 0.338 e. The number of carbonyl (C=O) groups excluding carboxylic acids is 2. The van der Waals surface area contributed by atoms with E-state index in [0.717, 1.165) is 34.7 Å². The highest BCUT2D eigenvalue weighted by molar-refractivity contribution is 8.01. The average Bonchev–Trinajstić information content (AvgIpc) is 3.09. The number of nitrogens with zero attached hydrogens (tertiary/aromatic N) is 2. The van der Waals surface area contributed by atoms with Crippen molar-refractivity contribution < 1.29 is 9.59 Å². The summed E-state index contributed by atoms with van der Waals surface area (Å²) >= 11 is 1.75. The van der Waals surface area contributed by atoms with Crippen molar-refractivity contribution in [3.05, 3.63) is 83.9 Å². The summed E-state index contributed by atoms with van der Waals surface area (Å²) in [7, 11) is 0. The van der Waals surface area contributed by atoms with Gasteiger partial charge in [-0.15, -0.1) is 11.8 Å². The number of likely N-dealkylation sites (tertiary alicyclic amines) is 1. The van der Waals surface area contributed by atoms with Gasteiger partial charge in [-0.2, -0.15) is 0 Å². The number of hydrogen-bond donors (Lipinski definition) is 0. The predicted molar refractivity (Wildman–Crippen MR) is 121 cm³/mol. The van der Waals surface area contributed by atoms with E-state index in [1.165, 1.54) is 0 Å². The van der Waals surface area contributed by atoms with Crippen molar-refractivity contribution in [2.24, 2.45) is 0 Å². The van der Waals surface area contributed by atoms with Gasteiger partial charge in [-0.05, 0) is 41.3 Å². The monoisotopic (exact) mass is 416 g/mol. The van der Waals surface area contributed by atoms with Gasteiger partial charge in [-0.25, -0.2) is 0 Å². The van der Waals surface area contributed by atoms with Gasteiger partial charge < -0.3 is 9.80 Å². The van der Waals surface area contributed by atoms with Crippen LogP contribution in [0.5, 0.6) is 0 Å². The molecule has 2 fully saturated rings. The number of fused-ring (bicyclic) bond motifs is 1.